The number of imidazole rings is 1. The second-order valence-electron chi connectivity index (χ2n) is 7.55. The van der Waals surface area contributed by atoms with Crippen molar-refractivity contribution in [2.75, 3.05) is 6.54 Å². The van der Waals surface area contributed by atoms with Crippen LogP contribution in [0.15, 0.2) is 28.9 Å². The fourth-order valence-corrected chi connectivity index (χ4v) is 3.98. The Morgan fingerprint density at radius 2 is 2.13 bits per heavy atom. The summed E-state index contributed by atoms with van der Waals surface area (Å²) < 4.78 is 30.1. The van der Waals surface area contributed by atoms with Gasteiger partial charge in [-0.1, -0.05) is 19.9 Å². The highest BCUT2D eigenvalue weighted by atomic mass is 79.9. The summed E-state index contributed by atoms with van der Waals surface area (Å²) >= 11 is 3.18. The highest BCUT2D eigenvalue weighted by Gasteiger charge is 2.36. The van der Waals surface area contributed by atoms with Crippen LogP contribution in [0.3, 0.4) is 0 Å². The number of ether oxygens (including phenoxy) is 1. The Morgan fingerprint density at radius 3 is 2.77 bits per heavy atom. The molecule has 0 bridgehead atoms. The van der Waals surface area contributed by atoms with Gasteiger partial charge < -0.3 is 29.8 Å². The lowest BCUT2D eigenvalue weighted by Gasteiger charge is -2.31. The number of H-pyrrole nitrogens is 1. The van der Waals surface area contributed by atoms with Gasteiger partial charge in [-0.2, -0.15) is 8.78 Å². The minimum absolute atomic E-state index is 0.00514. The Hall–Kier alpha value is -2.69. The number of likely N-dealkylation sites (tertiary alicyclic amines) is 1. The lowest BCUT2D eigenvalue weighted by molar-refractivity contribution is -0.252. The molecule has 0 aliphatic carbocycles. The van der Waals surface area contributed by atoms with Crippen molar-refractivity contribution in [3.63, 3.8) is 0 Å². The van der Waals surface area contributed by atoms with Gasteiger partial charge in [-0.15, -0.1) is 0 Å². The molecule has 2 N–H and O–H groups in total. The number of hydrogen-bond acceptors (Lipinski definition) is 5. The Bertz CT molecular complexity index is 953. The monoisotopic (exact) mass is 499 g/mol. The van der Waals surface area contributed by atoms with Crippen LogP contribution in [0.1, 0.15) is 38.6 Å². The molecular weight excluding hydrogens is 478 g/mol. The van der Waals surface area contributed by atoms with E-state index in [0.29, 0.717) is 34.5 Å². The molecule has 168 valence electrons. The summed E-state index contributed by atoms with van der Waals surface area (Å²) in [6.45, 7) is 1.02. The van der Waals surface area contributed by atoms with Gasteiger partial charge in [0.2, 0.25) is 5.91 Å². The van der Waals surface area contributed by atoms with Crippen LogP contribution < -0.4 is 15.2 Å². The van der Waals surface area contributed by atoms with Crippen molar-refractivity contribution in [3.05, 3.63) is 34.7 Å². The van der Waals surface area contributed by atoms with Gasteiger partial charge in [0.25, 0.3) is 0 Å². The second-order valence-corrected chi connectivity index (χ2v) is 8.40. The zero-order chi connectivity index (χ0) is 22.7. The van der Waals surface area contributed by atoms with E-state index in [1.54, 1.807) is 37.1 Å². The third-order valence-electron chi connectivity index (χ3n) is 5.11. The number of rotatable bonds is 7. The van der Waals surface area contributed by atoms with Gasteiger partial charge in [0.05, 0.1) is 22.4 Å². The van der Waals surface area contributed by atoms with Gasteiger partial charge in [0, 0.05) is 12.1 Å². The molecular formula is C20H22BrF2N4O4-. The van der Waals surface area contributed by atoms with Crippen LogP contribution in [0.4, 0.5) is 13.6 Å². The van der Waals surface area contributed by atoms with Crippen molar-refractivity contribution in [1.29, 1.82) is 0 Å². The highest BCUT2D eigenvalue weighted by Crippen LogP contribution is 2.35. The van der Waals surface area contributed by atoms with Gasteiger partial charge in [-0.3, -0.25) is 4.79 Å². The van der Waals surface area contributed by atoms with E-state index in [1.165, 1.54) is 6.07 Å². The van der Waals surface area contributed by atoms with Crippen molar-refractivity contribution in [1.82, 2.24) is 20.2 Å². The minimum atomic E-state index is -2.95. The number of halogens is 3. The summed E-state index contributed by atoms with van der Waals surface area (Å²) in [6, 6.07) is 3.51. The minimum Gasteiger partial charge on any atom is -0.530 e. The molecule has 0 unspecified atom stereocenters. The molecule has 11 heteroatoms. The smallest absolute Gasteiger partial charge is 0.387 e. The fraction of sp³-hybridized carbons (Fsp3) is 0.450. The molecule has 3 rings (SSSR count). The number of aromatic amines is 1. The zero-order valence-electron chi connectivity index (χ0n) is 16.9. The first kappa shape index (κ1) is 23.0. The third-order valence-corrected chi connectivity index (χ3v) is 5.77. The lowest BCUT2D eigenvalue weighted by atomic mass is 10.0. The van der Waals surface area contributed by atoms with Crippen molar-refractivity contribution < 1.29 is 28.2 Å². The van der Waals surface area contributed by atoms with Crippen molar-refractivity contribution in [2.45, 2.75) is 45.4 Å². The molecule has 0 spiro atoms. The van der Waals surface area contributed by atoms with Crippen LogP contribution in [0.2, 0.25) is 0 Å². The van der Waals surface area contributed by atoms with Crippen LogP contribution in [0, 0.1) is 5.92 Å². The van der Waals surface area contributed by atoms with E-state index in [1.807, 2.05) is 0 Å². The SMILES string of the molecule is CC(C)[C@H](NC(=O)[O-])C(=O)N1CCC[C@H]1c1ncc(-c2ccc(Br)c(OC(F)F)c2)[nH]1. The molecule has 0 radical (unpaired) electrons. The molecule has 1 aliphatic heterocycles. The molecule has 1 aromatic carbocycles. The Morgan fingerprint density at radius 1 is 1.39 bits per heavy atom. The number of benzene rings is 1. The topological polar surface area (TPSA) is 110 Å². The standard InChI is InChI=1S/C20H23BrF2N4O4/c1-10(2)16(26-20(29)30)18(28)27-7-3-4-14(27)17-24-9-13(25-17)11-5-6-12(21)15(8-11)31-19(22)23/h5-6,8-10,14,16,19,26H,3-4,7H2,1-2H3,(H,24,25)(H,29,30)/p-1/t14-,16-/m0/s1. The molecule has 2 aromatic rings. The Balaban J connectivity index is 1.83. The van der Waals surface area contributed by atoms with Crippen molar-refractivity contribution in [3.8, 4) is 17.0 Å². The summed E-state index contributed by atoms with van der Waals surface area (Å²) in [6.07, 6.45) is 1.47. The molecule has 8 nitrogen and oxygen atoms in total. The quantitative estimate of drug-likeness (QED) is 0.608. The van der Waals surface area contributed by atoms with Crippen molar-refractivity contribution >= 4 is 27.9 Å². The second kappa shape index (κ2) is 9.63. The average Bonchev–Trinajstić information content (AvgIpc) is 3.35. The number of hydrogen-bond donors (Lipinski definition) is 2. The first-order chi connectivity index (χ1) is 14.7. The number of aromatic nitrogens is 2. The predicted octanol–water partition coefficient (Wildman–Crippen LogP) is 3.06. The average molecular weight is 500 g/mol. The number of nitrogens with zero attached hydrogens (tertiary/aromatic N) is 2. The maximum atomic E-state index is 13.0. The molecule has 0 saturated carbocycles. The van der Waals surface area contributed by atoms with Gasteiger partial charge in [0.15, 0.2) is 0 Å². The Labute approximate surface area is 186 Å². The number of carbonyl (C=O) groups is 2. The van der Waals surface area contributed by atoms with E-state index in [2.05, 4.69) is 36.0 Å². The summed E-state index contributed by atoms with van der Waals surface area (Å²) in [5, 5.41) is 13.2. The zero-order valence-corrected chi connectivity index (χ0v) is 18.5. The van der Waals surface area contributed by atoms with Gasteiger partial charge in [-0.05, 0) is 46.8 Å². The molecule has 1 aromatic heterocycles. The van der Waals surface area contributed by atoms with E-state index in [9.17, 15) is 23.5 Å². The van der Waals surface area contributed by atoms with E-state index in [0.717, 1.165) is 6.42 Å². The molecule has 1 aliphatic rings. The van der Waals surface area contributed by atoms with E-state index in [4.69, 9.17) is 0 Å². The number of carbonyl (C=O) groups excluding carboxylic acids is 2. The molecule has 1 fully saturated rings. The largest absolute Gasteiger partial charge is 0.530 e. The van der Waals surface area contributed by atoms with E-state index >= 15 is 0 Å². The van der Waals surface area contributed by atoms with Crippen molar-refractivity contribution in [2.24, 2.45) is 5.92 Å². The first-order valence-corrected chi connectivity index (χ1v) is 10.5. The maximum absolute atomic E-state index is 13.0. The summed E-state index contributed by atoms with van der Waals surface area (Å²) in [5.74, 6) is -0.0590. The van der Waals surface area contributed by atoms with Gasteiger partial charge in [-0.25, -0.2) is 4.98 Å². The number of nitrogens with one attached hydrogen (secondary N) is 2. The van der Waals surface area contributed by atoms with Crippen LogP contribution >= 0.6 is 15.9 Å². The van der Waals surface area contributed by atoms with Gasteiger partial charge in [0.1, 0.15) is 23.7 Å². The molecule has 2 atom stereocenters. The fourth-order valence-electron chi connectivity index (χ4n) is 3.64. The third kappa shape index (κ3) is 5.33. The lowest BCUT2D eigenvalue weighted by Crippen LogP contribution is -2.54. The molecule has 2 heterocycles. The predicted molar refractivity (Wildman–Crippen MR) is 109 cm³/mol. The number of amides is 2. The first-order valence-electron chi connectivity index (χ1n) is 9.75. The van der Waals surface area contributed by atoms with Crippen LogP contribution in [-0.4, -0.2) is 46.1 Å². The summed E-state index contributed by atoms with van der Waals surface area (Å²) in [7, 11) is 0. The number of carboxylic acid groups (broad SMARTS) is 1. The molecule has 1 saturated heterocycles. The van der Waals surface area contributed by atoms with Crippen LogP contribution in [-0.2, 0) is 4.79 Å². The van der Waals surface area contributed by atoms with E-state index in [-0.39, 0.29) is 23.6 Å². The van der Waals surface area contributed by atoms with E-state index < -0.39 is 18.7 Å². The van der Waals surface area contributed by atoms with Gasteiger partial charge >= 0.3 is 6.61 Å². The Kier molecular flexibility index (Phi) is 7.14. The number of alkyl halides is 2. The summed E-state index contributed by atoms with van der Waals surface area (Å²) in [4.78, 5) is 33.1. The normalized spacial score (nSPS) is 17.3. The van der Waals surface area contributed by atoms with Crippen LogP contribution in [0.25, 0.3) is 11.3 Å². The summed E-state index contributed by atoms with van der Waals surface area (Å²) in [5.41, 5.74) is 1.17. The highest BCUT2D eigenvalue weighted by molar-refractivity contribution is 9.10. The van der Waals surface area contributed by atoms with Crippen LogP contribution in [0.5, 0.6) is 5.75 Å². The molecule has 31 heavy (non-hydrogen) atoms. The molecule has 2 amide bonds. The maximum Gasteiger partial charge on any atom is 0.387 e.